The summed E-state index contributed by atoms with van der Waals surface area (Å²) < 4.78 is 27.6. The summed E-state index contributed by atoms with van der Waals surface area (Å²) in [6.07, 6.45) is 3.25. The Hall–Kier alpha value is -2.90. The smallest absolute Gasteiger partial charge is 0.264 e. The van der Waals surface area contributed by atoms with Gasteiger partial charge in [-0.3, -0.25) is 14.1 Å². The van der Waals surface area contributed by atoms with Gasteiger partial charge in [-0.2, -0.15) is 0 Å². The molecule has 0 aliphatic carbocycles. The van der Waals surface area contributed by atoms with Crippen LogP contribution in [0.4, 0.5) is 5.69 Å². The molecule has 0 radical (unpaired) electrons. The molecule has 0 aliphatic heterocycles. The Bertz CT molecular complexity index is 1090. The van der Waals surface area contributed by atoms with E-state index in [1.165, 1.54) is 12.1 Å². The Kier molecular flexibility index (Phi) is 6.51. The van der Waals surface area contributed by atoms with Crippen molar-refractivity contribution in [3.63, 3.8) is 0 Å². The lowest BCUT2D eigenvalue weighted by Gasteiger charge is -2.25. The third kappa shape index (κ3) is 5.13. The van der Waals surface area contributed by atoms with Gasteiger partial charge in [-0.05, 0) is 54.4 Å². The Morgan fingerprint density at radius 2 is 1.76 bits per heavy atom. The number of sulfonamides is 1. The van der Waals surface area contributed by atoms with Crippen LogP contribution >= 0.6 is 11.6 Å². The van der Waals surface area contributed by atoms with E-state index in [0.717, 1.165) is 15.4 Å². The number of carbonyl (C=O) groups is 1. The van der Waals surface area contributed by atoms with Crippen LogP contribution in [0, 0.1) is 6.92 Å². The summed E-state index contributed by atoms with van der Waals surface area (Å²) in [5.41, 5.74) is 1.95. The largest absolute Gasteiger partial charge is 0.350 e. The summed E-state index contributed by atoms with van der Waals surface area (Å²) in [7, 11) is -3.99. The number of hydrogen-bond donors (Lipinski definition) is 1. The first-order valence-corrected chi connectivity index (χ1v) is 10.7. The van der Waals surface area contributed by atoms with E-state index in [1.54, 1.807) is 60.9 Å². The van der Waals surface area contributed by atoms with Gasteiger partial charge in [0.25, 0.3) is 10.0 Å². The number of anilines is 1. The third-order valence-electron chi connectivity index (χ3n) is 4.23. The van der Waals surface area contributed by atoms with Crippen molar-refractivity contribution in [3.05, 3.63) is 89.2 Å². The number of hydrogen-bond acceptors (Lipinski definition) is 4. The average molecular weight is 430 g/mol. The molecule has 0 spiro atoms. The highest BCUT2D eigenvalue weighted by molar-refractivity contribution is 7.92. The maximum absolute atomic E-state index is 13.3. The van der Waals surface area contributed by atoms with Crippen LogP contribution in [-0.4, -0.2) is 25.9 Å². The molecular formula is C21H20ClN3O3S. The van der Waals surface area contributed by atoms with Crippen LogP contribution in [0.3, 0.4) is 0 Å². The molecule has 29 heavy (non-hydrogen) atoms. The van der Waals surface area contributed by atoms with Gasteiger partial charge in [0.15, 0.2) is 0 Å². The first kappa shape index (κ1) is 20.8. The van der Waals surface area contributed by atoms with Crippen LogP contribution in [0.1, 0.15) is 11.1 Å². The van der Waals surface area contributed by atoms with E-state index in [4.69, 9.17) is 11.6 Å². The lowest BCUT2D eigenvalue weighted by Crippen LogP contribution is -2.40. The van der Waals surface area contributed by atoms with Gasteiger partial charge >= 0.3 is 0 Å². The summed E-state index contributed by atoms with van der Waals surface area (Å²) >= 11 is 6.30. The fourth-order valence-corrected chi connectivity index (χ4v) is 4.44. The molecule has 3 aromatic rings. The molecule has 150 valence electrons. The van der Waals surface area contributed by atoms with Gasteiger partial charge in [-0.1, -0.05) is 35.9 Å². The monoisotopic (exact) mass is 429 g/mol. The Labute approximate surface area is 175 Å². The van der Waals surface area contributed by atoms with Crippen LogP contribution in [0.5, 0.6) is 0 Å². The Balaban J connectivity index is 1.91. The minimum absolute atomic E-state index is 0.0829. The Morgan fingerprint density at radius 1 is 1.07 bits per heavy atom. The lowest BCUT2D eigenvalue weighted by atomic mass is 10.2. The molecule has 0 atom stereocenters. The van der Waals surface area contributed by atoms with Crippen LogP contribution in [0.2, 0.25) is 5.02 Å². The van der Waals surface area contributed by atoms with Crippen LogP contribution in [0.25, 0.3) is 0 Å². The van der Waals surface area contributed by atoms with Crippen molar-refractivity contribution in [1.82, 2.24) is 10.3 Å². The van der Waals surface area contributed by atoms with Crippen molar-refractivity contribution in [2.75, 3.05) is 10.8 Å². The number of nitrogens with one attached hydrogen (secondary N) is 1. The molecule has 0 saturated carbocycles. The standard InChI is InChI=1S/C21H20ClN3O3S/c1-16-7-8-19(22)20(13-16)25(29(27,28)18-5-3-2-4-6-18)15-21(26)24-14-17-9-11-23-12-10-17/h2-13H,14-15H2,1H3,(H,24,26). The summed E-state index contributed by atoms with van der Waals surface area (Å²) in [6, 6.07) is 16.6. The number of rotatable bonds is 7. The van der Waals surface area contributed by atoms with E-state index in [9.17, 15) is 13.2 Å². The summed E-state index contributed by atoms with van der Waals surface area (Å²) in [5.74, 6) is -0.445. The Morgan fingerprint density at radius 3 is 2.45 bits per heavy atom. The van der Waals surface area contributed by atoms with Crippen molar-refractivity contribution in [2.24, 2.45) is 0 Å². The SMILES string of the molecule is Cc1ccc(Cl)c(N(CC(=O)NCc2ccncc2)S(=O)(=O)c2ccccc2)c1. The van der Waals surface area contributed by atoms with Gasteiger partial charge in [0, 0.05) is 18.9 Å². The number of amides is 1. The summed E-state index contributed by atoms with van der Waals surface area (Å²) in [6.45, 7) is 1.70. The van der Waals surface area contributed by atoms with Gasteiger partial charge in [0.2, 0.25) is 5.91 Å². The van der Waals surface area contributed by atoms with Gasteiger partial charge in [0.05, 0.1) is 15.6 Å². The average Bonchev–Trinajstić information content (AvgIpc) is 2.73. The van der Waals surface area contributed by atoms with Gasteiger partial charge < -0.3 is 5.32 Å². The van der Waals surface area contributed by atoms with E-state index in [2.05, 4.69) is 10.3 Å². The molecule has 0 unspecified atom stereocenters. The van der Waals surface area contributed by atoms with Gasteiger partial charge in [-0.15, -0.1) is 0 Å². The fraction of sp³-hybridized carbons (Fsp3) is 0.143. The van der Waals surface area contributed by atoms with E-state index in [0.29, 0.717) is 0 Å². The minimum atomic E-state index is -3.99. The zero-order chi connectivity index (χ0) is 20.9. The highest BCUT2D eigenvalue weighted by atomic mass is 35.5. The van der Waals surface area contributed by atoms with Crippen molar-refractivity contribution < 1.29 is 13.2 Å². The first-order chi connectivity index (χ1) is 13.9. The van der Waals surface area contributed by atoms with Crippen molar-refractivity contribution in [2.45, 2.75) is 18.4 Å². The summed E-state index contributed by atoms with van der Waals surface area (Å²) in [4.78, 5) is 16.6. The molecule has 3 rings (SSSR count). The van der Waals surface area contributed by atoms with E-state index in [-0.39, 0.29) is 22.2 Å². The first-order valence-electron chi connectivity index (χ1n) is 8.87. The van der Waals surface area contributed by atoms with Gasteiger partial charge in [-0.25, -0.2) is 8.42 Å². The number of carbonyl (C=O) groups excluding carboxylic acids is 1. The van der Waals surface area contributed by atoms with Crippen LogP contribution < -0.4 is 9.62 Å². The molecule has 2 aromatic carbocycles. The van der Waals surface area contributed by atoms with Crippen molar-refractivity contribution in [1.29, 1.82) is 0 Å². The van der Waals surface area contributed by atoms with Crippen LogP contribution in [-0.2, 0) is 21.4 Å². The van der Waals surface area contributed by atoms with E-state index < -0.39 is 22.5 Å². The number of pyridine rings is 1. The zero-order valence-electron chi connectivity index (χ0n) is 15.7. The molecule has 8 heteroatoms. The molecule has 1 N–H and O–H groups in total. The number of benzene rings is 2. The molecule has 0 aliphatic rings. The quantitative estimate of drug-likeness (QED) is 0.622. The number of nitrogens with zero attached hydrogens (tertiary/aromatic N) is 2. The predicted octanol–water partition coefficient (Wildman–Crippen LogP) is 3.56. The van der Waals surface area contributed by atoms with Crippen molar-refractivity contribution in [3.8, 4) is 0 Å². The molecule has 1 aromatic heterocycles. The zero-order valence-corrected chi connectivity index (χ0v) is 17.3. The lowest BCUT2D eigenvalue weighted by molar-refractivity contribution is -0.119. The molecule has 0 fully saturated rings. The second-order valence-corrected chi connectivity index (χ2v) is 8.68. The van der Waals surface area contributed by atoms with Gasteiger partial charge in [0.1, 0.15) is 6.54 Å². The number of halogens is 1. The van der Waals surface area contributed by atoms with E-state index >= 15 is 0 Å². The molecule has 0 bridgehead atoms. The molecule has 1 heterocycles. The summed E-state index contributed by atoms with van der Waals surface area (Å²) in [5, 5.41) is 2.99. The van der Waals surface area contributed by atoms with Crippen LogP contribution in [0.15, 0.2) is 78.0 Å². The normalized spacial score (nSPS) is 11.1. The maximum atomic E-state index is 13.3. The molecule has 6 nitrogen and oxygen atoms in total. The maximum Gasteiger partial charge on any atom is 0.264 e. The topological polar surface area (TPSA) is 79.4 Å². The highest BCUT2D eigenvalue weighted by Gasteiger charge is 2.28. The second kappa shape index (κ2) is 9.07. The predicted molar refractivity (Wildman–Crippen MR) is 113 cm³/mol. The highest BCUT2D eigenvalue weighted by Crippen LogP contribution is 2.31. The third-order valence-corrected chi connectivity index (χ3v) is 6.32. The number of aryl methyl sites for hydroxylation is 1. The molecule has 1 amide bonds. The van der Waals surface area contributed by atoms with Crippen molar-refractivity contribution >= 4 is 33.2 Å². The minimum Gasteiger partial charge on any atom is -0.350 e. The second-order valence-electron chi connectivity index (χ2n) is 6.41. The van der Waals surface area contributed by atoms with E-state index in [1.807, 2.05) is 6.92 Å². The molecular weight excluding hydrogens is 410 g/mol. The fourth-order valence-electron chi connectivity index (χ4n) is 2.72. The molecule has 0 saturated heterocycles. The number of aromatic nitrogens is 1.